The van der Waals surface area contributed by atoms with Gasteiger partial charge in [-0.3, -0.25) is 9.59 Å². The summed E-state index contributed by atoms with van der Waals surface area (Å²) in [5, 5.41) is 24.8. The molecule has 0 aliphatic carbocycles. The van der Waals surface area contributed by atoms with Gasteiger partial charge < -0.3 is 49.1 Å². The molecular formula is C34H40N4O12. The fourth-order valence-electron chi connectivity index (χ4n) is 5.88. The van der Waals surface area contributed by atoms with Gasteiger partial charge in [-0.2, -0.15) is 0 Å². The summed E-state index contributed by atoms with van der Waals surface area (Å²) < 4.78 is 28.3. The highest BCUT2D eigenvalue weighted by Crippen LogP contribution is 2.41. The van der Waals surface area contributed by atoms with Gasteiger partial charge >= 0.3 is 18.0 Å². The number of amides is 2. The standard InChI is InChI=1S/C34H40N4O12/c1-5-22(15-39)49-28(46-4)17-48-33(45)35-10-9-27(41)36-18(3)31(43)50-34(6-2)24-13-26-29-20(11-19-12-21(40)7-8-25(19)37-29)14-38(26)30(42)23(24)16-47-32(34)44/h7-8,11-13,18,22,28,39-40H,5-6,9-10,14-17H2,1-4H3,(H,35,45)(H,36,41)/t18-,22?,28?,34-/m0/s1. The Bertz CT molecular complexity index is 1860. The van der Waals surface area contributed by atoms with E-state index in [2.05, 4.69) is 10.6 Å². The number of aliphatic hydroxyl groups is 1. The van der Waals surface area contributed by atoms with E-state index in [9.17, 15) is 34.2 Å². The van der Waals surface area contributed by atoms with Crippen LogP contribution in [0.15, 0.2) is 35.1 Å². The first kappa shape index (κ1) is 36.2. The third-order valence-electron chi connectivity index (χ3n) is 8.70. The van der Waals surface area contributed by atoms with Crippen molar-refractivity contribution in [2.45, 2.75) is 77.2 Å². The van der Waals surface area contributed by atoms with Gasteiger partial charge in [0, 0.05) is 36.6 Å². The zero-order valence-corrected chi connectivity index (χ0v) is 28.1. The molecule has 3 aromatic rings. The van der Waals surface area contributed by atoms with Crippen molar-refractivity contribution >= 4 is 34.8 Å². The van der Waals surface area contributed by atoms with E-state index >= 15 is 0 Å². The highest BCUT2D eigenvalue weighted by atomic mass is 16.7. The molecule has 16 heteroatoms. The second-order valence-corrected chi connectivity index (χ2v) is 11.9. The van der Waals surface area contributed by atoms with Gasteiger partial charge in [-0.1, -0.05) is 13.8 Å². The maximum absolute atomic E-state index is 13.7. The van der Waals surface area contributed by atoms with Crippen molar-refractivity contribution in [1.82, 2.24) is 20.2 Å². The van der Waals surface area contributed by atoms with Crippen molar-refractivity contribution in [2.75, 3.05) is 26.9 Å². The highest BCUT2D eigenvalue weighted by molar-refractivity contribution is 5.90. The summed E-state index contributed by atoms with van der Waals surface area (Å²) in [5.41, 5.74) is 0.261. The number of benzene rings is 1. The molecule has 16 nitrogen and oxygen atoms in total. The normalized spacial score (nSPS) is 17.8. The van der Waals surface area contributed by atoms with Crippen LogP contribution in [-0.2, 0) is 56.8 Å². The minimum Gasteiger partial charge on any atom is -0.508 e. The molecular weight excluding hydrogens is 656 g/mol. The molecule has 4 atom stereocenters. The molecule has 268 valence electrons. The Morgan fingerprint density at radius 3 is 2.64 bits per heavy atom. The molecule has 2 aliphatic rings. The van der Waals surface area contributed by atoms with E-state index < -0.39 is 53.5 Å². The van der Waals surface area contributed by atoms with Crippen molar-refractivity contribution in [3.63, 3.8) is 0 Å². The maximum atomic E-state index is 13.7. The van der Waals surface area contributed by atoms with Crippen molar-refractivity contribution < 1.29 is 53.1 Å². The SMILES string of the molecule is CCC(CO)OC(COC(=O)NCCC(=O)N[C@@H](C)C(=O)O[C@]1(CC)C(=O)OCc2c1cc1n(c2=O)Cc2cc3cc(O)ccc3nc2-1)OC. The Hall–Kier alpha value is -5.06. The number of phenols is 1. The quantitative estimate of drug-likeness (QED) is 0.0841. The molecule has 4 heterocycles. The van der Waals surface area contributed by atoms with E-state index in [1.165, 1.54) is 24.7 Å². The number of ether oxygens (including phenoxy) is 5. The molecule has 2 aromatic heterocycles. The van der Waals surface area contributed by atoms with Gasteiger partial charge in [-0.15, -0.1) is 0 Å². The number of phenolic OH excluding ortho intramolecular Hbond substituents is 1. The highest BCUT2D eigenvalue weighted by Gasteiger charge is 2.51. The fourth-order valence-corrected chi connectivity index (χ4v) is 5.88. The summed E-state index contributed by atoms with van der Waals surface area (Å²) in [6.45, 7) is 4.11. The Labute approximate surface area is 286 Å². The number of hydrogen-bond donors (Lipinski definition) is 4. The molecule has 4 N–H and O–H groups in total. The second-order valence-electron chi connectivity index (χ2n) is 11.9. The van der Waals surface area contributed by atoms with Gasteiger partial charge in [0.05, 0.1) is 41.7 Å². The number of esters is 2. The minimum atomic E-state index is -1.97. The molecule has 0 bridgehead atoms. The predicted octanol–water partition coefficient (Wildman–Crippen LogP) is 1.72. The lowest BCUT2D eigenvalue weighted by atomic mass is 9.85. The van der Waals surface area contributed by atoms with Crippen LogP contribution in [0.25, 0.3) is 22.3 Å². The summed E-state index contributed by atoms with van der Waals surface area (Å²) in [4.78, 5) is 69.8. The van der Waals surface area contributed by atoms with Crippen LogP contribution in [0.4, 0.5) is 4.79 Å². The Balaban J connectivity index is 1.24. The van der Waals surface area contributed by atoms with Crippen molar-refractivity contribution in [3.8, 4) is 17.1 Å². The fraction of sp³-hybridized carbons (Fsp3) is 0.471. The van der Waals surface area contributed by atoms with Crippen molar-refractivity contribution in [3.05, 3.63) is 57.4 Å². The number of alkyl carbamates (subject to hydrolysis) is 1. The van der Waals surface area contributed by atoms with Gasteiger partial charge in [-0.05, 0) is 50.1 Å². The zero-order valence-electron chi connectivity index (χ0n) is 28.1. The first-order valence-corrected chi connectivity index (χ1v) is 16.2. The third kappa shape index (κ3) is 7.27. The number of carbonyl (C=O) groups excluding carboxylic acids is 4. The number of aromatic nitrogens is 2. The van der Waals surface area contributed by atoms with E-state index in [0.29, 0.717) is 28.7 Å². The number of cyclic esters (lactones) is 1. The average Bonchev–Trinajstić information content (AvgIpc) is 3.46. The number of nitrogens with one attached hydrogen (secondary N) is 2. The van der Waals surface area contributed by atoms with Crippen LogP contribution < -0.4 is 16.2 Å². The molecule has 2 aliphatic heterocycles. The Kier molecular flexibility index (Phi) is 11.0. The number of fused-ring (bicyclic) bond motifs is 5. The maximum Gasteiger partial charge on any atom is 0.407 e. The van der Waals surface area contributed by atoms with Gasteiger partial charge in [0.15, 0.2) is 6.29 Å². The molecule has 1 aromatic carbocycles. The monoisotopic (exact) mass is 696 g/mol. The average molecular weight is 697 g/mol. The van der Waals surface area contributed by atoms with Gasteiger partial charge in [0.25, 0.3) is 5.56 Å². The van der Waals surface area contributed by atoms with Crippen LogP contribution in [0.1, 0.15) is 56.7 Å². The van der Waals surface area contributed by atoms with Crippen LogP contribution in [-0.4, -0.2) is 89.0 Å². The number of hydrogen-bond acceptors (Lipinski definition) is 13. The number of methoxy groups -OCH3 is 1. The van der Waals surface area contributed by atoms with E-state index in [-0.39, 0.29) is 62.6 Å². The van der Waals surface area contributed by atoms with Crippen molar-refractivity contribution in [2.24, 2.45) is 0 Å². The van der Waals surface area contributed by atoms with Crippen molar-refractivity contribution in [1.29, 1.82) is 0 Å². The summed E-state index contributed by atoms with van der Waals surface area (Å²) >= 11 is 0. The smallest absolute Gasteiger partial charge is 0.407 e. The number of aliphatic hydroxyl groups excluding tert-OH is 1. The molecule has 2 unspecified atom stereocenters. The van der Waals surface area contributed by atoms with Crippen LogP contribution in [0, 0.1) is 0 Å². The topological polar surface area (TPSA) is 214 Å². The number of aromatic hydroxyl groups is 1. The lowest BCUT2D eigenvalue weighted by molar-refractivity contribution is -0.190. The Morgan fingerprint density at radius 1 is 1.16 bits per heavy atom. The van der Waals surface area contributed by atoms with Crippen LogP contribution in [0.3, 0.4) is 0 Å². The largest absolute Gasteiger partial charge is 0.508 e. The van der Waals surface area contributed by atoms with Gasteiger partial charge in [-0.25, -0.2) is 19.4 Å². The number of carbonyl (C=O) groups is 4. The molecule has 0 radical (unpaired) electrons. The molecule has 0 saturated carbocycles. The van der Waals surface area contributed by atoms with E-state index in [0.717, 1.165) is 5.56 Å². The molecule has 50 heavy (non-hydrogen) atoms. The first-order valence-electron chi connectivity index (χ1n) is 16.2. The van der Waals surface area contributed by atoms with Crippen LogP contribution in [0.5, 0.6) is 5.75 Å². The van der Waals surface area contributed by atoms with Gasteiger partial charge in [0.2, 0.25) is 11.5 Å². The lowest BCUT2D eigenvalue weighted by Crippen LogP contribution is -2.50. The Morgan fingerprint density at radius 2 is 1.94 bits per heavy atom. The number of rotatable bonds is 14. The molecule has 5 rings (SSSR count). The number of pyridine rings is 2. The molecule has 0 spiro atoms. The first-order chi connectivity index (χ1) is 23.9. The van der Waals surface area contributed by atoms with Crippen LogP contribution in [0.2, 0.25) is 0 Å². The minimum absolute atomic E-state index is 0.0640. The van der Waals surface area contributed by atoms with E-state index in [1.807, 2.05) is 13.0 Å². The summed E-state index contributed by atoms with van der Waals surface area (Å²) in [5.74, 6) is -2.31. The molecule has 0 fully saturated rings. The lowest BCUT2D eigenvalue weighted by Gasteiger charge is -2.36. The summed E-state index contributed by atoms with van der Waals surface area (Å²) in [7, 11) is 1.36. The summed E-state index contributed by atoms with van der Waals surface area (Å²) in [6.07, 6.45) is -1.96. The van der Waals surface area contributed by atoms with Crippen LogP contribution >= 0.6 is 0 Å². The van der Waals surface area contributed by atoms with E-state index in [4.69, 9.17) is 28.7 Å². The third-order valence-corrected chi connectivity index (χ3v) is 8.70. The predicted molar refractivity (Wildman–Crippen MR) is 175 cm³/mol. The molecule has 0 saturated heterocycles. The summed E-state index contributed by atoms with van der Waals surface area (Å²) in [6, 6.07) is 7.01. The van der Waals surface area contributed by atoms with Gasteiger partial charge in [0.1, 0.15) is 25.0 Å². The van der Waals surface area contributed by atoms with E-state index in [1.54, 1.807) is 25.1 Å². The molecule has 2 amide bonds. The zero-order chi connectivity index (χ0) is 36.2. The number of nitrogens with zero attached hydrogens (tertiary/aromatic N) is 2. The second kappa shape index (κ2) is 15.2.